The highest BCUT2D eigenvalue weighted by Gasteiger charge is 2.39. The fraction of sp³-hybridized carbons (Fsp3) is 0.500. The van der Waals surface area contributed by atoms with Crippen molar-refractivity contribution in [3.8, 4) is 17.0 Å². The Hall–Kier alpha value is -2.73. The van der Waals surface area contributed by atoms with Gasteiger partial charge in [0.25, 0.3) is 0 Å². The van der Waals surface area contributed by atoms with Gasteiger partial charge < -0.3 is 15.3 Å². The topological polar surface area (TPSA) is 74.2 Å². The summed E-state index contributed by atoms with van der Waals surface area (Å²) in [7, 11) is 2.10. The molecule has 6 nitrogen and oxygen atoms in total. The van der Waals surface area contributed by atoms with Gasteiger partial charge in [0.2, 0.25) is 0 Å². The first-order valence-corrected chi connectivity index (χ1v) is 11.6. The highest BCUT2D eigenvalue weighted by molar-refractivity contribution is 5.89. The van der Waals surface area contributed by atoms with Crippen molar-refractivity contribution in [1.29, 1.82) is 0 Å². The molecule has 0 unspecified atom stereocenters. The highest BCUT2D eigenvalue weighted by Crippen LogP contribution is 2.41. The molecule has 3 aromatic rings. The molecule has 0 atom stereocenters. The molecule has 0 amide bonds. The van der Waals surface area contributed by atoms with Crippen LogP contribution in [-0.4, -0.2) is 44.5 Å². The van der Waals surface area contributed by atoms with Crippen molar-refractivity contribution in [1.82, 2.24) is 20.5 Å². The Kier molecular flexibility index (Phi) is 4.89. The molecule has 2 aromatic heterocycles. The summed E-state index contributed by atoms with van der Waals surface area (Å²) in [6, 6.07) is 10.2. The van der Waals surface area contributed by atoms with E-state index in [0.717, 1.165) is 35.1 Å². The van der Waals surface area contributed by atoms with Crippen molar-refractivity contribution in [2.75, 3.05) is 11.9 Å². The number of nitrogens with zero attached hydrogens (tertiary/aromatic N) is 4. The Labute approximate surface area is 190 Å². The van der Waals surface area contributed by atoms with Crippen molar-refractivity contribution in [2.24, 2.45) is 0 Å². The van der Waals surface area contributed by atoms with Crippen molar-refractivity contribution in [2.45, 2.75) is 76.4 Å². The summed E-state index contributed by atoms with van der Waals surface area (Å²) in [5.41, 5.74) is 2.61. The van der Waals surface area contributed by atoms with Gasteiger partial charge in [-0.15, -0.1) is 10.2 Å². The van der Waals surface area contributed by atoms with Gasteiger partial charge in [0, 0.05) is 52.9 Å². The molecule has 1 aromatic carbocycles. The molecule has 3 heterocycles. The first-order valence-electron chi connectivity index (χ1n) is 11.6. The summed E-state index contributed by atoms with van der Waals surface area (Å²) >= 11 is 0. The number of nitrogens with one attached hydrogen (secondary N) is 1. The van der Waals surface area contributed by atoms with Gasteiger partial charge in [-0.3, -0.25) is 4.98 Å². The Balaban J connectivity index is 1.40. The molecular formula is C26H33N5O. The van der Waals surface area contributed by atoms with Crippen LogP contribution in [-0.2, 0) is 0 Å². The lowest BCUT2D eigenvalue weighted by Gasteiger charge is -2.49. The number of phenols is 1. The maximum absolute atomic E-state index is 10.7. The van der Waals surface area contributed by atoms with Crippen LogP contribution in [0.1, 0.15) is 65.0 Å². The van der Waals surface area contributed by atoms with E-state index in [2.05, 4.69) is 66.2 Å². The maximum Gasteiger partial charge on any atom is 0.151 e. The molecule has 0 bridgehead atoms. The molecule has 32 heavy (non-hydrogen) atoms. The van der Waals surface area contributed by atoms with Gasteiger partial charge in [-0.25, -0.2) is 0 Å². The molecule has 1 saturated heterocycles. The van der Waals surface area contributed by atoms with Crippen molar-refractivity contribution in [3.63, 3.8) is 0 Å². The standard InChI is InChI=1S/C26H33N5O/c1-25(2)13-19(14-26(3,4)30-25)31(5)24-9-8-21(28-29-24)20-10-18-15-27-22(16-6-7-16)11-17(18)12-23(20)32/h8-12,15-16,19,30,32H,6-7,13-14H2,1-5H3. The molecule has 1 saturated carbocycles. The van der Waals surface area contributed by atoms with Gasteiger partial charge in [0.1, 0.15) is 5.75 Å². The highest BCUT2D eigenvalue weighted by atomic mass is 16.3. The van der Waals surface area contributed by atoms with Gasteiger partial charge in [-0.1, -0.05) is 0 Å². The number of pyridine rings is 1. The van der Waals surface area contributed by atoms with E-state index in [1.54, 1.807) is 0 Å². The maximum atomic E-state index is 10.7. The first-order chi connectivity index (χ1) is 15.1. The molecule has 168 valence electrons. The number of benzene rings is 1. The second-order valence-electron chi connectivity index (χ2n) is 10.9. The molecule has 1 aliphatic carbocycles. The van der Waals surface area contributed by atoms with Crippen LogP contribution in [0.25, 0.3) is 22.0 Å². The number of hydrogen-bond acceptors (Lipinski definition) is 6. The number of anilines is 1. The fourth-order valence-corrected chi connectivity index (χ4v) is 5.39. The molecule has 2 fully saturated rings. The Morgan fingerprint density at radius 3 is 2.31 bits per heavy atom. The van der Waals surface area contributed by atoms with Gasteiger partial charge in [0.05, 0.1) is 5.69 Å². The Morgan fingerprint density at radius 1 is 0.969 bits per heavy atom. The van der Waals surface area contributed by atoms with Gasteiger partial charge in [0.15, 0.2) is 5.82 Å². The van der Waals surface area contributed by atoms with Crippen LogP contribution in [0.3, 0.4) is 0 Å². The third-order valence-corrected chi connectivity index (χ3v) is 6.86. The molecule has 0 spiro atoms. The Bertz CT molecular complexity index is 1130. The molecule has 0 radical (unpaired) electrons. The lowest BCUT2D eigenvalue weighted by Crippen LogP contribution is -2.62. The van der Waals surface area contributed by atoms with E-state index in [0.29, 0.717) is 23.2 Å². The lowest BCUT2D eigenvalue weighted by atomic mass is 9.79. The second kappa shape index (κ2) is 7.41. The minimum absolute atomic E-state index is 0.0678. The number of aromatic nitrogens is 3. The van der Waals surface area contributed by atoms with E-state index in [1.807, 2.05) is 30.5 Å². The van der Waals surface area contributed by atoms with Gasteiger partial charge >= 0.3 is 0 Å². The zero-order chi connectivity index (χ0) is 22.7. The molecule has 5 rings (SSSR count). The average Bonchev–Trinajstić information content (AvgIpc) is 3.55. The summed E-state index contributed by atoms with van der Waals surface area (Å²) in [6.07, 6.45) is 6.41. The fourth-order valence-electron chi connectivity index (χ4n) is 5.39. The normalized spacial score (nSPS) is 20.4. The number of phenolic OH excluding ortho intramolecular Hbond substituents is 1. The predicted octanol–water partition coefficient (Wildman–Crippen LogP) is 5.02. The van der Waals surface area contributed by atoms with E-state index in [1.165, 1.54) is 12.8 Å². The van der Waals surface area contributed by atoms with Crippen LogP contribution >= 0.6 is 0 Å². The predicted molar refractivity (Wildman–Crippen MR) is 129 cm³/mol. The van der Waals surface area contributed by atoms with Crippen LogP contribution < -0.4 is 10.2 Å². The minimum Gasteiger partial charge on any atom is -0.507 e. The van der Waals surface area contributed by atoms with Crippen molar-refractivity contribution in [3.05, 3.63) is 42.2 Å². The number of hydrogen-bond donors (Lipinski definition) is 2. The summed E-state index contributed by atoms with van der Waals surface area (Å²) < 4.78 is 0. The van der Waals surface area contributed by atoms with Crippen LogP contribution in [0, 0.1) is 0 Å². The van der Waals surface area contributed by atoms with Crippen LogP contribution in [0.4, 0.5) is 5.82 Å². The largest absolute Gasteiger partial charge is 0.507 e. The van der Waals surface area contributed by atoms with Crippen LogP contribution in [0.2, 0.25) is 0 Å². The van der Waals surface area contributed by atoms with Gasteiger partial charge in [-0.2, -0.15) is 0 Å². The summed E-state index contributed by atoms with van der Waals surface area (Å²) in [5.74, 6) is 1.67. The number of aromatic hydroxyl groups is 1. The summed E-state index contributed by atoms with van der Waals surface area (Å²) in [4.78, 5) is 6.86. The molecular weight excluding hydrogens is 398 g/mol. The van der Waals surface area contributed by atoms with E-state index in [4.69, 9.17) is 0 Å². The van der Waals surface area contributed by atoms with Crippen LogP contribution in [0.15, 0.2) is 36.5 Å². The SMILES string of the molecule is CN(c1ccc(-c2cc3cnc(C4CC4)cc3cc2O)nn1)C1CC(C)(C)NC(C)(C)C1. The number of fused-ring (bicyclic) bond motifs is 1. The van der Waals surface area contributed by atoms with Crippen LogP contribution in [0.5, 0.6) is 5.75 Å². The minimum atomic E-state index is 0.0678. The molecule has 6 heteroatoms. The summed E-state index contributed by atoms with van der Waals surface area (Å²) in [5, 5.41) is 25.5. The average molecular weight is 432 g/mol. The van der Waals surface area contributed by atoms with Crippen molar-refractivity contribution >= 4 is 16.6 Å². The third-order valence-electron chi connectivity index (χ3n) is 6.86. The molecule has 2 N–H and O–H groups in total. The first kappa shape index (κ1) is 21.1. The quantitative estimate of drug-likeness (QED) is 0.604. The molecule has 1 aliphatic heterocycles. The zero-order valence-electron chi connectivity index (χ0n) is 19.7. The zero-order valence-corrected chi connectivity index (χ0v) is 19.7. The second-order valence-corrected chi connectivity index (χ2v) is 10.9. The number of piperidine rings is 1. The van der Waals surface area contributed by atoms with E-state index >= 15 is 0 Å². The third kappa shape index (κ3) is 4.16. The van der Waals surface area contributed by atoms with E-state index < -0.39 is 0 Å². The Morgan fingerprint density at radius 2 is 1.69 bits per heavy atom. The van der Waals surface area contributed by atoms with E-state index in [-0.39, 0.29) is 16.8 Å². The number of rotatable bonds is 4. The van der Waals surface area contributed by atoms with Gasteiger partial charge in [-0.05, 0) is 89.1 Å². The summed E-state index contributed by atoms with van der Waals surface area (Å²) in [6.45, 7) is 9.03. The lowest BCUT2D eigenvalue weighted by molar-refractivity contribution is 0.160. The molecule has 2 aliphatic rings. The van der Waals surface area contributed by atoms with Crippen molar-refractivity contribution < 1.29 is 5.11 Å². The smallest absolute Gasteiger partial charge is 0.151 e. The monoisotopic (exact) mass is 431 g/mol. The van der Waals surface area contributed by atoms with E-state index in [9.17, 15) is 5.11 Å².